The molecule has 0 bridgehead atoms. The minimum atomic E-state index is -0.461. The first-order chi connectivity index (χ1) is 8.67. The van der Waals surface area contributed by atoms with E-state index in [9.17, 15) is 9.90 Å². The van der Waals surface area contributed by atoms with E-state index < -0.39 is 5.97 Å². The maximum absolute atomic E-state index is 11.9. The van der Waals surface area contributed by atoms with Crippen molar-refractivity contribution >= 4 is 5.97 Å². The third-order valence-electron chi connectivity index (χ3n) is 2.08. The van der Waals surface area contributed by atoms with Crippen molar-refractivity contribution < 1.29 is 14.6 Å². The van der Waals surface area contributed by atoms with Gasteiger partial charge in [-0.1, -0.05) is 30.4 Å². The number of hydrogen-bond acceptors (Lipinski definition) is 3. The lowest BCUT2D eigenvalue weighted by molar-refractivity contribution is -0.129. The fourth-order valence-corrected chi connectivity index (χ4v) is 1.28. The van der Waals surface area contributed by atoms with Crippen molar-refractivity contribution in [3.8, 4) is 11.5 Å². The monoisotopic (exact) mass is 244 g/mol. The summed E-state index contributed by atoms with van der Waals surface area (Å²) in [5, 5.41) is 9.28. The molecule has 0 saturated heterocycles. The van der Waals surface area contributed by atoms with Gasteiger partial charge < -0.3 is 9.84 Å². The maximum atomic E-state index is 11.9. The highest BCUT2D eigenvalue weighted by Gasteiger charge is 2.08. The molecule has 0 heterocycles. The van der Waals surface area contributed by atoms with Crippen molar-refractivity contribution in [3.63, 3.8) is 0 Å². The Balaban J connectivity index is 2.85. The second-order valence-electron chi connectivity index (χ2n) is 3.53. The molecule has 3 nitrogen and oxygen atoms in total. The van der Waals surface area contributed by atoms with Crippen molar-refractivity contribution in [2.24, 2.45) is 0 Å². The zero-order valence-corrected chi connectivity index (χ0v) is 10.5. The average molecular weight is 244 g/mol. The Labute approximate surface area is 107 Å². The maximum Gasteiger partial charge on any atom is 0.343 e. The molecule has 0 aliphatic heterocycles. The number of phenols is 1. The third-order valence-corrected chi connectivity index (χ3v) is 2.08. The lowest BCUT2D eigenvalue weighted by atomic mass is 10.2. The summed E-state index contributed by atoms with van der Waals surface area (Å²) < 4.78 is 5.15. The number of ether oxygens (including phenoxy) is 1. The molecule has 1 aromatic carbocycles. The van der Waals surface area contributed by atoms with E-state index in [2.05, 4.69) is 0 Å². The molecule has 1 rings (SSSR count). The quantitative estimate of drug-likeness (QED) is 0.382. The normalized spacial score (nSPS) is 12.2. The predicted octanol–water partition coefficient (Wildman–Crippen LogP) is 3.38. The molecule has 0 aliphatic rings. The van der Waals surface area contributed by atoms with E-state index in [0.717, 1.165) is 0 Å². The summed E-state index contributed by atoms with van der Waals surface area (Å²) in [5.41, 5.74) is 0.443. The van der Waals surface area contributed by atoms with E-state index in [4.69, 9.17) is 4.74 Å². The van der Waals surface area contributed by atoms with Gasteiger partial charge in [0.1, 0.15) is 11.5 Å². The molecule has 0 amide bonds. The molecule has 0 radical (unpaired) electrons. The van der Waals surface area contributed by atoms with Gasteiger partial charge in [0.15, 0.2) is 0 Å². The zero-order valence-electron chi connectivity index (χ0n) is 10.5. The minimum Gasteiger partial charge on any atom is -0.508 e. The summed E-state index contributed by atoms with van der Waals surface area (Å²) in [6.45, 7) is 3.69. The van der Waals surface area contributed by atoms with Crippen LogP contribution in [0.4, 0.5) is 0 Å². The second-order valence-corrected chi connectivity index (χ2v) is 3.53. The summed E-state index contributed by atoms with van der Waals surface area (Å²) in [7, 11) is 0. The van der Waals surface area contributed by atoms with Gasteiger partial charge in [0.2, 0.25) is 0 Å². The molecule has 3 heteroatoms. The molecule has 18 heavy (non-hydrogen) atoms. The van der Waals surface area contributed by atoms with Crippen molar-refractivity contribution in [1.29, 1.82) is 0 Å². The van der Waals surface area contributed by atoms with Gasteiger partial charge in [-0.3, -0.25) is 0 Å². The summed E-state index contributed by atoms with van der Waals surface area (Å²) in [6.07, 6.45) is 8.69. The fourth-order valence-electron chi connectivity index (χ4n) is 1.28. The van der Waals surface area contributed by atoms with E-state index in [0.29, 0.717) is 11.3 Å². The van der Waals surface area contributed by atoms with Gasteiger partial charge in [-0.2, -0.15) is 0 Å². The summed E-state index contributed by atoms with van der Waals surface area (Å²) in [4.78, 5) is 11.9. The van der Waals surface area contributed by atoms with Crippen LogP contribution in [0.5, 0.6) is 11.5 Å². The van der Waals surface area contributed by atoms with E-state index in [1.54, 1.807) is 36.4 Å². The Hall–Kier alpha value is -2.29. The van der Waals surface area contributed by atoms with E-state index in [1.807, 2.05) is 19.9 Å². The number of allylic oxidation sites excluding steroid dienone is 4. The van der Waals surface area contributed by atoms with Crippen molar-refractivity contribution in [1.82, 2.24) is 0 Å². The van der Waals surface area contributed by atoms with Crippen LogP contribution in [0.2, 0.25) is 0 Å². The number of hydrogen-bond donors (Lipinski definition) is 1. The third kappa shape index (κ3) is 4.29. The molecule has 0 spiro atoms. The highest BCUT2D eigenvalue weighted by Crippen LogP contribution is 2.18. The number of rotatable bonds is 4. The first-order valence-electron chi connectivity index (χ1n) is 5.64. The molecule has 0 aliphatic carbocycles. The Bertz CT molecular complexity index is 496. The smallest absolute Gasteiger partial charge is 0.343 e. The average Bonchev–Trinajstić information content (AvgIpc) is 2.34. The Morgan fingerprint density at radius 2 is 2.06 bits per heavy atom. The number of carbonyl (C=O) groups excluding carboxylic acids is 1. The van der Waals surface area contributed by atoms with Crippen LogP contribution >= 0.6 is 0 Å². The van der Waals surface area contributed by atoms with Crippen molar-refractivity contribution in [2.75, 3.05) is 0 Å². The Kier molecular flexibility index (Phi) is 5.45. The van der Waals surface area contributed by atoms with Gasteiger partial charge in [-0.05, 0) is 32.1 Å². The molecule has 0 saturated carbocycles. The van der Waals surface area contributed by atoms with Gasteiger partial charge in [-0.25, -0.2) is 4.79 Å². The lowest BCUT2D eigenvalue weighted by Gasteiger charge is -2.04. The molecule has 1 N–H and O–H groups in total. The summed E-state index contributed by atoms with van der Waals surface area (Å²) >= 11 is 0. The lowest BCUT2D eigenvalue weighted by Crippen LogP contribution is -2.09. The molecular formula is C15H16O3. The van der Waals surface area contributed by atoms with E-state index in [-0.39, 0.29) is 5.75 Å². The SMILES string of the molecule is C\C=C/C=C(\C=C/C)C(=O)Oc1cccc(O)c1. The van der Waals surface area contributed by atoms with E-state index >= 15 is 0 Å². The van der Waals surface area contributed by atoms with E-state index in [1.165, 1.54) is 12.1 Å². The standard InChI is InChI=1S/C15H16O3/c1-3-5-8-12(7-4-2)15(17)18-14-10-6-9-13(16)11-14/h3-11,16H,1-2H3/b5-3-,7-4-,12-8+. The van der Waals surface area contributed by atoms with Gasteiger partial charge >= 0.3 is 5.97 Å². The molecule has 0 unspecified atom stereocenters. The molecular weight excluding hydrogens is 228 g/mol. The highest BCUT2D eigenvalue weighted by atomic mass is 16.5. The molecule has 0 aromatic heterocycles. The molecule has 0 fully saturated rings. The van der Waals surface area contributed by atoms with Crippen LogP contribution < -0.4 is 4.74 Å². The molecule has 1 aromatic rings. The van der Waals surface area contributed by atoms with Crippen LogP contribution in [0.15, 0.2) is 60.2 Å². The van der Waals surface area contributed by atoms with Gasteiger partial charge in [0, 0.05) is 6.07 Å². The van der Waals surface area contributed by atoms with Crippen LogP contribution in [0.1, 0.15) is 13.8 Å². The van der Waals surface area contributed by atoms with Crippen molar-refractivity contribution in [3.05, 3.63) is 60.2 Å². The predicted molar refractivity (Wildman–Crippen MR) is 71.5 cm³/mol. The number of benzene rings is 1. The summed E-state index contributed by atoms with van der Waals surface area (Å²) in [6, 6.07) is 6.13. The largest absolute Gasteiger partial charge is 0.508 e. The first-order valence-corrected chi connectivity index (χ1v) is 5.64. The second kappa shape index (κ2) is 7.12. The number of carbonyl (C=O) groups is 1. The number of aromatic hydroxyl groups is 1. The van der Waals surface area contributed by atoms with Crippen LogP contribution in [-0.2, 0) is 4.79 Å². The molecule has 94 valence electrons. The Morgan fingerprint density at radius 1 is 1.28 bits per heavy atom. The van der Waals surface area contributed by atoms with Crippen LogP contribution in [-0.4, -0.2) is 11.1 Å². The number of esters is 1. The van der Waals surface area contributed by atoms with Gasteiger partial charge in [0.25, 0.3) is 0 Å². The first kappa shape index (κ1) is 13.8. The zero-order chi connectivity index (χ0) is 13.4. The van der Waals surface area contributed by atoms with Crippen LogP contribution in [0.3, 0.4) is 0 Å². The van der Waals surface area contributed by atoms with Crippen molar-refractivity contribution in [2.45, 2.75) is 13.8 Å². The van der Waals surface area contributed by atoms with Gasteiger partial charge in [0.05, 0.1) is 5.57 Å². The molecule has 0 atom stereocenters. The minimum absolute atomic E-state index is 0.0605. The van der Waals surface area contributed by atoms with Crippen LogP contribution in [0.25, 0.3) is 0 Å². The topological polar surface area (TPSA) is 46.5 Å². The number of phenolic OH excluding ortho intramolecular Hbond substituents is 1. The summed E-state index contributed by atoms with van der Waals surface area (Å²) in [5.74, 6) is -0.0852. The highest BCUT2D eigenvalue weighted by molar-refractivity contribution is 5.93. The van der Waals surface area contributed by atoms with Crippen LogP contribution in [0, 0.1) is 0 Å². The Morgan fingerprint density at radius 3 is 2.67 bits per heavy atom. The fraction of sp³-hybridized carbons (Fsp3) is 0.133. The van der Waals surface area contributed by atoms with Gasteiger partial charge in [-0.15, -0.1) is 0 Å².